The molecule has 0 aliphatic carbocycles. The largest absolute Gasteiger partial charge is 0.277 e. The van der Waals surface area contributed by atoms with Gasteiger partial charge in [-0.05, 0) is 19.1 Å². The van der Waals surface area contributed by atoms with Crippen molar-refractivity contribution in [1.29, 1.82) is 0 Å². The Morgan fingerprint density at radius 2 is 1.94 bits per heavy atom. The Bertz CT molecular complexity index is 530. The van der Waals surface area contributed by atoms with Gasteiger partial charge in [-0.15, -0.1) is 0 Å². The van der Waals surface area contributed by atoms with Crippen molar-refractivity contribution in [2.24, 2.45) is 0 Å². The Hall–Kier alpha value is -1.25. The van der Waals surface area contributed by atoms with E-state index in [9.17, 15) is 17.2 Å². The van der Waals surface area contributed by atoms with Gasteiger partial charge in [0.25, 0.3) is 0 Å². The van der Waals surface area contributed by atoms with Gasteiger partial charge < -0.3 is 0 Å². The number of nitrogens with one attached hydrogen (secondary N) is 3. The molecule has 0 radical (unpaired) electrons. The van der Waals surface area contributed by atoms with Crippen LogP contribution in [0, 0.1) is 11.6 Å². The van der Waals surface area contributed by atoms with Crippen LogP contribution in [0.3, 0.4) is 0 Å². The molecule has 100 valence electrons. The summed E-state index contributed by atoms with van der Waals surface area (Å²) in [6.07, 6.45) is 0. The molecule has 1 fully saturated rings. The van der Waals surface area contributed by atoms with Crippen molar-refractivity contribution in [2.75, 3.05) is 11.3 Å². The van der Waals surface area contributed by atoms with Crippen molar-refractivity contribution in [2.45, 2.75) is 18.2 Å². The molecule has 1 aliphatic rings. The number of anilines is 1. The minimum absolute atomic E-state index is 0.173. The molecule has 1 aromatic rings. The van der Waals surface area contributed by atoms with E-state index in [2.05, 4.69) is 10.9 Å². The van der Waals surface area contributed by atoms with Gasteiger partial charge in [0.1, 0.15) is 22.6 Å². The van der Waals surface area contributed by atoms with Crippen molar-refractivity contribution in [1.82, 2.24) is 10.9 Å². The topological polar surface area (TPSA) is 70.2 Å². The van der Waals surface area contributed by atoms with Gasteiger partial charge in [-0.3, -0.25) is 15.6 Å². The highest BCUT2D eigenvalue weighted by Gasteiger charge is 2.35. The molecular formula is C10H13F2N3O2S. The second-order valence-corrected chi connectivity index (χ2v) is 6.00. The van der Waals surface area contributed by atoms with Crippen LogP contribution in [-0.4, -0.2) is 26.3 Å². The molecule has 1 aliphatic heterocycles. The van der Waals surface area contributed by atoms with E-state index in [0.717, 1.165) is 12.1 Å². The third-order valence-electron chi connectivity index (χ3n) is 2.80. The van der Waals surface area contributed by atoms with Crippen molar-refractivity contribution in [3.05, 3.63) is 29.8 Å². The van der Waals surface area contributed by atoms with Gasteiger partial charge in [0, 0.05) is 12.6 Å². The molecule has 0 spiro atoms. The van der Waals surface area contributed by atoms with Crippen LogP contribution in [0.2, 0.25) is 0 Å². The van der Waals surface area contributed by atoms with Crippen molar-refractivity contribution < 1.29 is 17.2 Å². The summed E-state index contributed by atoms with van der Waals surface area (Å²) in [6.45, 7) is 1.84. The SMILES string of the molecule is CC1NNCC1S(=O)(=O)Nc1c(F)cccc1F. The number of rotatable bonds is 3. The van der Waals surface area contributed by atoms with E-state index in [0.29, 0.717) is 0 Å². The van der Waals surface area contributed by atoms with E-state index in [1.807, 2.05) is 4.72 Å². The van der Waals surface area contributed by atoms with Gasteiger partial charge in [-0.1, -0.05) is 6.07 Å². The second kappa shape index (κ2) is 4.79. The van der Waals surface area contributed by atoms with Crippen LogP contribution >= 0.6 is 0 Å². The first kappa shape index (κ1) is 13.2. The molecule has 0 saturated carbocycles. The maximum absolute atomic E-state index is 13.4. The minimum atomic E-state index is -3.86. The van der Waals surface area contributed by atoms with Crippen LogP contribution in [-0.2, 0) is 10.0 Å². The smallest absolute Gasteiger partial charge is 0.238 e. The lowest BCUT2D eigenvalue weighted by molar-refractivity contribution is 0.561. The van der Waals surface area contributed by atoms with Gasteiger partial charge in [0.15, 0.2) is 0 Å². The second-order valence-electron chi connectivity index (χ2n) is 4.10. The van der Waals surface area contributed by atoms with Crippen molar-refractivity contribution >= 4 is 15.7 Å². The highest BCUT2D eigenvalue weighted by molar-refractivity contribution is 7.93. The van der Waals surface area contributed by atoms with E-state index in [-0.39, 0.29) is 12.6 Å². The molecule has 18 heavy (non-hydrogen) atoms. The molecule has 2 unspecified atom stereocenters. The highest BCUT2D eigenvalue weighted by Crippen LogP contribution is 2.21. The molecule has 1 aromatic carbocycles. The Labute approximate surface area is 104 Å². The number of benzene rings is 1. The first-order valence-corrected chi connectivity index (χ1v) is 6.90. The van der Waals surface area contributed by atoms with Crippen LogP contribution < -0.4 is 15.6 Å². The Morgan fingerprint density at radius 3 is 2.44 bits per heavy atom. The van der Waals surface area contributed by atoms with Crippen molar-refractivity contribution in [3.8, 4) is 0 Å². The average molecular weight is 277 g/mol. The molecule has 3 N–H and O–H groups in total. The standard InChI is InChI=1S/C10H13F2N3O2S/c1-6-9(5-13-14-6)18(16,17)15-10-7(11)3-2-4-8(10)12/h2-4,6,9,13-15H,5H2,1H3. The molecule has 5 nitrogen and oxygen atoms in total. The molecule has 2 rings (SSSR count). The number of para-hydroxylation sites is 1. The summed E-state index contributed by atoms with van der Waals surface area (Å²) in [5.41, 5.74) is 4.78. The Balaban J connectivity index is 2.28. The fourth-order valence-electron chi connectivity index (χ4n) is 1.78. The lowest BCUT2D eigenvalue weighted by atomic mass is 10.3. The zero-order valence-electron chi connectivity index (χ0n) is 9.57. The summed E-state index contributed by atoms with van der Waals surface area (Å²) < 4.78 is 52.7. The maximum Gasteiger partial charge on any atom is 0.238 e. The van der Waals surface area contributed by atoms with E-state index in [1.165, 1.54) is 6.07 Å². The first-order chi connectivity index (χ1) is 8.42. The van der Waals surface area contributed by atoms with E-state index >= 15 is 0 Å². The third kappa shape index (κ3) is 2.45. The lowest BCUT2D eigenvalue weighted by Gasteiger charge is -2.16. The zero-order valence-corrected chi connectivity index (χ0v) is 10.4. The number of halogens is 2. The molecule has 8 heteroatoms. The zero-order chi connectivity index (χ0) is 13.3. The lowest BCUT2D eigenvalue weighted by Crippen LogP contribution is -2.38. The van der Waals surface area contributed by atoms with Crippen LogP contribution in [0.25, 0.3) is 0 Å². The Kier molecular flexibility index (Phi) is 3.51. The van der Waals surface area contributed by atoms with Crippen LogP contribution in [0.5, 0.6) is 0 Å². The monoisotopic (exact) mass is 277 g/mol. The van der Waals surface area contributed by atoms with E-state index < -0.39 is 32.6 Å². The first-order valence-electron chi connectivity index (χ1n) is 5.36. The summed E-state index contributed by atoms with van der Waals surface area (Å²) in [4.78, 5) is 0. The van der Waals surface area contributed by atoms with Gasteiger partial charge >= 0.3 is 0 Å². The maximum atomic E-state index is 13.4. The average Bonchev–Trinajstić information content (AvgIpc) is 2.71. The van der Waals surface area contributed by atoms with Crippen LogP contribution in [0.1, 0.15) is 6.92 Å². The van der Waals surface area contributed by atoms with E-state index in [1.54, 1.807) is 6.92 Å². The number of hydrazine groups is 1. The number of hydrogen-bond acceptors (Lipinski definition) is 4. The third-order valence-corrected chi connectivity index (χ3v) is 4.66. The predicted molar refractivity (Wildman–Crippen MR) is 63.3 cm³/mol. The number of hydrogen-bond donors (Lipinski definition) is 3. The quantitative estimate of drug-likeness (QED) is 0.755. The molecule has 0 bridgehead atoms. The normalized spacial score (nSPS) is 24.2. The van der Waals surface area contributed by atoms with Gasteiger partial charge in [-0.25, -0.2) is 17.2 Å². The van der Waals surface area contributed by atoms with E-state index in [4.69, 9.17) is 0 Å². The molecule has 0 aromatic heterocycles. The fraction of sp³-hybridized carbons (Fsp3) is 0.400. The highest BCUT2D eigenvalue weighted by atomic mass is 32.2. The summed E-state index contributed by atoms with van der Waals surface area (Å²) in [5, 5.41) is -0.795. The molecular weight excluding hydrogens is 264 g/mol. The predicted octanol–water partition coefficient (Wildman–Crippen LogP) is 0.571. The molecule has 2 atom stereocenters. The summed E-state index contributed by atoms with van der Waals surface area (Å²) in [7, 11) is -3.86. The van der Waals surface area contributed by atoms with Crippen LogP contribution in [0.15, 0.2) is 18.2 Å². The summed E-state index contributed by atoms with van der Waals surface area (Å²) in [6, 6.07) is 2.81. The van der Waals surface area contributed by atoms with Crippen LogP contribution in [0.4, 0.5) is 14.5 Å². The summed E-state index contributed by atoms with van der Waals surface area (Å²) in [5.74, 6) is -1.88. The minimum Gasteiger partial charge on any atom is -0.277 e. The Morgan fingerprint density at radius 1 is 1.33 bits per heavy atom. The van der Waals surface area contributed by atoms with Gasteiger partial charge in [-0.2, -0.15) is 0 Å². The van der Waals surface area contributed by atoms with Gasteiger partial charge in [0.2, 0.25) is 10.0 Å². The van der Waals surface area contributed by atoms with Gasteiger partial charge in [0.05, 0.1) is 0 Å². The fourth-order valence-corrected chi connectivity index (χ4v) is 3.32. The summed E-state index contributed by atoms with van der Waals surface area (Å²) >= 11 is 0. The number of sulfonamides is 1. The molecule has 1 heterocycles. The molecule has 1 saturated heterocycles. The molecule has 0 amide bonds. The van der Waals surface area contributed by atoms with Crippen molar-refractivity contribution in [3.63, 3.8) is 0 Å².